The lowest BCUT2D eigenvalue weighted by Crippen LogP contribution is -2.32. The predicted octanol–water partition coefficient (Wildman–Crippen LogP) is 4.42. The van der Waals surface area contributed by atoms with Crippen molar-refractivity contribution in [1.82, 2.24) is 9.97 Å². The van der Waals surface area contributed by atoms with Crippen molar-refractivity contribution in [1.29, 1.82) is 0 Å². The van der Waals surface area contributed by atoms with E-state index in [-0.39, 0.29) is 5.91 Å². The molecule has 0 radical (unpaired) electrons. The fourth-order valence-corrected chi connectivity index (χ4v) is 3.65. The molecule has 0 unspecified atom stereocenters. The molecule has 1 aromatic heterocycles. The Balaban J connectivity index is 1.86. The maximum Gasteiger partial charge on any atom is 0.259 e. The standard InChI is InChI=1S/C19H16Cl2N4O/c1-24-7-4-8-25(19(26)12-9-13(20)11-14(21)10-12)18-17(24)22-15-5-2-3-6-16(15)23-18/h2-3,5-6,9-11H,4,7-8H2,1H3. The Hall–Kier alpha value is -2.37. The van der Waals surface area contributed by atoms with Gasteiger partial charge in [-0.3, -0.25) is 9.69 Å². The molecule has 0 saturated heterocycles. The lowest BCUT2D eigenvalue weighted by Gasteiger charge is -2.23. The number of nitrogens with zero attached hydrogens (tertiary/aromatic N) is 4. The quantitative estimate of drug-likeness (QED) is 0.620. The van der Waals surface area contributed by atoms with Gasteiger partial charge in [-0.25, -0.2) is 9.97 Å². The summed E-state index contributed by atoms with van der Waals surface area (Å²) in [5, 5.41) is 0.857. The molecule has 0 saturated carbocycles. The maximum atomic E-state index is 13.2. The highest BCUT2D eigenvalue weighted by Crippen LogP contribution is 2.31. The van der Waals surface area contributed by atoms with Crippen molar-refractivity contribution >= 4 is 51.8 Å². The normalized spacial score (nSPS) is 14.3. The second kappa shape index (κ2) is 6.74. The van der Waals surface area contributed by atoms with Crippen LogP contribution >= 0.6 is 23.2 Å². The molecule has 0 N–H and O–H groups in total. The third-order valence-corrected chi connectivity index (χ3v) is 4.82. The molecule has 132 valence electrons. The van der Waals surface area contributed by atoms with Crippen LogP contribution in [0.5, 0.6) is 0 Å². The summed E-state index contributed by atoms with van der Waals surface area (Å²) in [5.74, 6) is 1.07. The van der Waals surface area contributed by atoms with Crippen LogP contribution in [0.4, 0.5) is 11.6 Å². The second-order valence-corrected chi connectivity index (χ2v) is 7.12. The smallest absolute Gasteiger partial charge is 0.259 e. The number of benzene rings is 2. The number of halogens is 2. The summed E-state index contributed by atoms with van der Waals surface area (Å²) < 4.78 is 0. The number of fused-ring (bicyclic) bond motifs is 2. The number of aromatic nitrogens is 2. The highest BCUT2D eigenvalue weighted by atomic mass is 35.5. The van der Waals surface area contributed by atoms with Gasteiger partial charge >= 0.3 is 0 Å². The van der Waals surface area contributed by atoms with Gasteiger partial charge in [-0.15, -0.1) is 0 Å². The number of para-hydroxylation sites is 2. The summed E-state index contributed by atoms with van der Waals surface area (Å²) in [6.07, 6.45) is 0.810. The van der Waals surface area contributed by atoms with E-state index in [0.717, 1.165) is 24.0 Å². The molecule has 1 aliphatic rings. The summed E-state index contributed by atoms with van der Waals surface area (Å²) in [5.41, 5.74) is 2.00. The summed E-state index contributed by atoms with van der Waals surface area (Å²) in [7, 11) is 1.96. The number of amides is 1. The maximum absolute atomic E-state index is 13.2. The Labute approximate surface area is 161 Å². The Morgan fingerprint density at radius 1 is 0.962 bits per heavy atom. The van der Waals surface area contributed by atoms with Crippen molar-refractivity contribution in [2.45, 2.75) is 6.42 Å². The van der Waals surface area contributed by atoms with E-state index in [0.29, 0.717) is 33.8 Å². The zero-order valence-electron chi connectivity index (χ0n) is 14.1. The second-order valence-electron chi connectivity index (χ2n) is 6.25. The lowest BCUT2D eigenvalue weighted by molar-refractivity contribution is 0.0986. The molecule has 1 aliphatic heterocycles. The minimum Gasteiger partial charge on any atom is -0.357 e. The van der Waals surface area contributed by atoms with Crippen molar-refractivity contribution in [3.8, 4) is 0 Å². The molecule has 0 atom stereocenters. The van der Waals surface area contributed by atoms with E-state index in [2.05, 4.69) is 0 Å². The zero-order valence-corrected chi connectivity index (χ0v) is 15.6. The molecule has 0 fully saturated rings. The molecule has 4 rings (SSSR count). The summed E-state index contributed by atoms with van der Waals surface area (Å²) in [4.78, 5) is 26.4. The number of anilines is 2. The van der Waals surface area contributed by atoms with E-state index in [1.165, 1.54) is 0 Å². The van der Waals surface area contributed by atoms with E-state index < -0.39 is 0 Å². The van der Waals surface area contributed by atoms with Crippen LogP contribution in [-0.2, 0) is 0 Å². The van der Waals surface area contributed by atoms with Crippen molar-refractivity contribution in [2.24, 2.45) is 0 Å². The highest BCUT2D eigenvalue weighted by Gasteiger charge is 2.27. The molecule has 0 bridgehead atoms. The first-order chi connectivity index (χ1) is 12.5. The SMILES string of the molecule is CN1CCCN(C(=O)c2cc(Cl)cc(Cl)c2)c2nc3ccccc3nc21. The number of hydrogen-bond donors (Lipinski definition) is 0. The molecule has 0 spiro atoms. The fourth-order valence-electron chi connectivity index (χ4n) is 3.13. The number of rotatable bonds is 1. The summed E-state index contributed by atoms with van der Waals surface area (Å²) in [6, 6.07) is 12.5. The van der Waals surface area contributed by atoms with Crippen molar-refractivity contribution in [2.75, 3.05) is 29.9 Å². The summed E-state index contributed by atoms with van der Waals surface area (Å²) >= 11 is 12.2. The van der Waals surface area contributed by atoms with Gasteiger partial charge in [0.2, 0.25) is 0 Å². The molecule has 7 heteroatoms. The average Bonchev–Trinajstić information content (AvgIpc) is 2.77. The summed E-state index contributed by atoms with van der Waals surface area (Å²) in [6.45, 7) is 1.34. The van der Waals surface area contributed by atoms with Crippen LogP contribution in [0, 0.1) is 0 Å². The van der Waals surface area contributed by atoms with Gasteiger partial charge < -0.3 is 4.90 Å². The first kappa shape index (κ1) is 17.1. The van der Waals surface area contributed by atoms with Gasteiger partial charge in [0.1, 0.15) is 0 Å². The molecule has 2 aromatic carbocycles. The molecular weight excluding hydrogens is 371 g/mol. The molecule has 26 heavy (non-hydrogen) atoms. The largest absolute Gasteiger partial charge is 0.357 e. The number of carbonyl (C=O) groups is 1. The van der Waals surface area contributed by atoms with Gasteiger partial charge in [0, 0.05) is 35.7 Å². The minimum absolute atomic E-state index is 0.185. The number of carbonyl (C=O) groups excluding carboxylic acids is 1. The van der Waals surface area contributed by atoms with Crippen molar-refractivity contribution in [3.63, 3.8) is 0 Å². The zero-order chi connectivity index (χ0) is 18.3. The van der Waals surface area contributed by atoms with E-state index in [4.69, 9.17) is 33.2 Å². The van der Waals surface area contributed by atoms with E-state index in [1.54, 1.807) is 23.1 Å². The van der Waals surface area contributed by atoms with Gasteiger partial charge in [0.15, 0.2) is 11.6 Å². The Morgan fingerprint density at radius 2 is 1.58 bits per heavy atom. The molecule has 1 amide bonds. The first-order valence-corrected chi connectivity index (χ1v) is 9.04. The lowest BCUT2D eigenvalue weighted by atomic mass is 10.2. The fraction of sp³-hybridized carbons (Fsp3) is 0.211. The van der Waals surface area contributed by atoms with Crippen LogP contribution in [0.1, 0.15) is 16.8 Å². The van der Waals surface area contributed by atoms with Crippen molar-refractivity contribution in [3.05, 3.63) is 58.1 Å². The Bertz CT molecular complexity index is 988. The number of hydrogen-bond acceptors (Lipinski definition) is 4. The molecule has 2 heterocycles. The topological polar surface area (TPSA) is 49.3 Å². The van der Waals surface area contributed by atoms with E-state index in [1.807, 2.05) is 36.2 Å². The predicted molar refractivity (Wildman–Crippen MR) is 106 cm³/mol. The van der Waals surface area contributed by atoms with Crippen LogP contribution in [0.3, 0.4) is 0 Å². The monoisotopic (exact) mass is 386 g/mol. The van der Waals surface area contributed by atoms with Gasteiger partial charge in [0.05, 0.1) is 11.0 Å². The van der Waals surface area contributed by atoms with Gasteiger partial charge in [0.25, 0.3) is 5.91 Å². The average molecular weight is 387 g/mol. The molecule has 3 aromatic rings. The van der Waals surface area contributed by atoms with Crippen LogP contribution in [0.15, 0.2) is 42.5 Å². The molecule has 5 nitrogen and oxygen atoms in total. The van der Waals surface area contributed by atoms with Gasteiger partial charge in [-0.2, -0.15) is 0 Å². The first-order valence-electron chi connectivity index (χ1n) is 8.29. The third-order valence-electron chi connectivity index (χ3n) is 4.38. The minimum atomic E-state index is -0.185. The highest BCUT2D eigenvalue weighted by molar-refractivity contribution is 6.35. The van der Waals surface area contributed by atoms with Crippen LogP contribution in [-0.4, -0.2) is 36.0 Å². The Morgan fingerprint density at radius 3 is 2.23 bits per heavy atom. The van der Waals surface area contributed by atoms with Crippen LogP contribution in [0.2, 0.25) is 10.0 Å². The van der Waals surface area contributed by atoms with Crippen LogP contribution in [0.25, 0.3) is 11.0 Å². The van der Waals surface area contributed by atoms with E-state index in [9.17, 15) is 4.79 Å². The van der Waals surface area contributed by atoms with Crippen LogP contribution < -0.4 is 9.80 Å². The Kier molecular flexibility index (Phi) is 4.42. The molecular formula is C19H16Cl2N4O. The molecule has 0 aliphatic carbocycles. The van der Waals surface area contributed by atoms with Crippen molar-refractivity contribution < 1.29 is 4.79 Å². The van der Waals surface area contributed by atoms with E-state index >= 15 is 0 Å². The van der Waals surface area contributed by atoms with Gasteiger partial charge in [-0.1, -0.05) is 35.3 Å². The van der Waals surface area contributed by atoms with Gasteiger partial charge in [-0.05, 0) is 36.8 Å². The third kappa shape index (κ3) is 3.08.